The van der Waals surface area contributed by atoms with Gasteiger partial charge in [0.05, 0.1) is 4.75 Å². The molecular weight excluding hydrogens is 336 g/mol. The maximum absolute atomic E-state index is 12.5. The Kier molecular flexibility index (Phi) is 5.72. The van der Waals surface area contributed by atoms with Crippen LogP contribution in [0.4, 0.5) is 4.79 Å². The van der Waals surface area contributed by atoms with E-state index >= 15 is 0 Å². The van der Waals surface area contributed by atoms with Gasteiger partial charge in [-0.25, -0.2) is 9.00 Å². The topological polar surface area (TPSA) is 59.0 Å². The Bertz CT molecular complexity index is 564. The van der Waals surface area contributed by atoms with Crippen molar-refractivity contribution in [2.75, 3.05) is 13.1 Å². The molecular formula is C19H34N2O3S. The SMILES string of the molecule is C[C@H]1CC(=N[S@](=O)C(C)(C)C)C2(CCN(C(=O)OC(C)(C)C)CC2)C1. The van der Waals surface area contributed by atoms with Crippen molar-refractivity contribution in [3.05, 3.63) is 0 Å². The third kappa shape index (κ3) is 5.05. The number of piperidine rings is 1. The lowest BCUT2D eigenvalue weighted by molar-refractivity contribution is 0.0153. The van der Waals surface area contributed by atoms with E-state index in [9.17, 15) is 9.00 Å². The highest BCUT2D eigenvalue weighted by atomic mass is 32.2. The van der Waals surface area contributed by atoms with Crippen LogP contribution in [0.2, 0.25) is 0 Å². The van der Waals surface area contributed by atoms with Crippen molar-refractivity contribution >= 4 is 22.8 Å². The van der Waals surface area contributed by atoms with Crippen molar-refractivity contribution in [3.8, 4) is 0 Å². The summed E-state index contributed by atoms with van der Waals surface area (Å²) in [5.41, 5.74) is 0.653. The lowest BCUT2D eigenvalue weighted by Gasteiger charge is -2.40. The van der Waals surface area contributed by atoms with Crippen LogP contribution in [0.5, 0.6) is 0 Å². The summed E-state index contributed by atoms with van der Waals surface area (Å²) in [7, 11) is -1.22. The third-order valence-corrected chi connectivity index (χ3v) is 6.42. The fourth-order valence-corrected chi connectivity index (χ4v) is 4.45. The fraction of sp³-hybridized carbons (Fsp3) is 0.895. The molecule has 2 aliphatic rings. The summed E-state index contributed by atoms with van der Waals surface area (Å²) in [6.45, 7) is 15.2. The molecule has 1 aliphatic heterocycles. The van der Waals surface area contributed by atoms with Crippen LogP contribution in [0.3, 0.4) is 0 Å². The number of nitrogens with zero attached hydrogens (tertiary/aromatic N) is 2. The first-order valence-corrected chi connectivity index (χ1v) is 10.4. The molecule has 5 nitrogen and oxygen atoms in total. The van der Waals surface area contributed by atoms with Crippen molar-refractivity contribution in [3.63, 3.8) is 0 Å². The van der Waals surface area contributed by atoms with Crippen molar-refractivity contribution < 1.29 is 13.7 Å². The Morgan fingerprint density at radius 1 is 1.20 bits per heavy atom. The van der Waals surface area contributed by atoms with Crippen molar-refractivity contribution in [1.29, 1.82) is 0 Å². The van der Waals surface area contributed by atoms with E-state index in [1.54, 1.807) is 4.90 Å². The number of hydrogen-bond acceptors (Lipinski definition) is 3. The van der Waals surface area contributed by atoms with Crippen LogP contribution in [0.25, 0.3) is 0 Å². The second kappa shape index (κ2) is 7.01. The quantitative estimate of drug-likeness (QED) is 0.690. The van der Waals surface area contributed by atoms with Crippen molar-refractivity contribution in [2.45, 2.75) is 84.5 Å². The van der Waals surface area contributed by atoms with Crippen LogP contribution >= 0.6 is 0 Å². The van der Waals surface area contributed by atoms with Gasteiger partial charge in [-0.05, 0) is 73.1 Å². The van der Waals surface area contributed by atoms with Gasteiger partial charge >= 0.3 is 6.09 Å². The van der Waals surface area contributed by atoms with Gasteiger partial charge in [0.1, 0.15) is 16.6 Å². The van der Waals surface area contributed by atoms with Crippen LogP contribution < -0.4 is 0 Å². The van der Waals surface area contributed by atoms with Crippen LogP contribution in [0.1, 0.15) is 74.1 Å². The van der Waals surface area contributed by atoms with E-state index in [4.69, 9.17) is 4.74 Å². The van der Waals surface area contributed by atoms with Crippen LogP contribution in [-0.2, 0) is 15.7 Å². The highest BCUT2D eigenvalue weighted by Gasteiger charge is 2.46. The number of carbonyl (C=O) groups is 1. The van der Waals surface area contributed by atoms with Gasteiger partial charge in [0, 0.05) is 24.2 Å². The van der Waals surface area contributed by atoms with E-state index in [0.717, 1.165) is 31.4 Å². The van der Waals surface area contributed by atoms with E-state index in [1.807, 2.05) is 41.5 Å². The molecule has 0 radical (unpaired) electrons. The second-order valence-corrected chi connectivity index (χ2v) is 11.6. The molecule has 1 spiro atoms. The van der Waals surface area contributed by atoms with Gasteiger partial charge in [-0.1, -0.05) is 6.92 Å². The fourth-order valence-electron chi connectivity index (χ4n) is 3.71. The van der Waals surface area contributed by atoms with E-state index in [-0.39, 0.29) is 16.3 Å². The molecule has 2 fully saturated rings. The van der Waals surface area contributed by atoms with Gasteiger partial charge in [-0.3, -0.25) is 0 Å². The summed E-state index contributed by atoms with van der Waals surface area (Å²) in [5, 5.41) is 0. The number of rotatable bonds is 1. The maximum Gasteiger partial charge on any atom is 0.410 e. The Hall–Kier alpha value is -0.910. The zero-order chi connectivity index (χ0) is 19.0. The maximum atomic E-state index is 12.5. The van der Waals surface area contributed by atoms with Crippen LogP contribution in [0.15, 0.2) is 4.40 Å². The first-order chi connectivity index (χ1) is 11.3. The summed E-state index contributed by atoms with van der Waals surface area (Å²) in [4.78, 5) is 14.1. The zero-order valence-corrected chi connectivity index (χ0v) is 17.7. The Balaban J connectivity index is 2.10. The Morgan fingerprint density at radius 3 is 2.24 bits per heavy atom. The highest BCUT2D eigenvalue weighted by Crippen LogP contribution is 2.47. The standard InChI is InChI=1S/C19H34N2O3S/c1-14-12-15(20-25(23)18(5,6)7)19(13-14)8-10-21(11-9-19)16(22)24-17(2,3)4/h14H,8-13H2,1-7H3/t14-,25+/m0/s1. The van der Waals surface area contributed by atoms with Crippen molar-refractivity contribution in [2.24, 2.45) is 15.7 Å². The minimum Gasteiger partial charge on any atom is -0.444 e. The number of ether oxygens (including phenoxy) is 1. The average Bonchev–Trinajstić information content (AvgIpc) is 2.72. The highest BCUT2D eigenvalue weighted by molar-refractivity contribution is 7.85. The molecule has 0 aromatic heterocycles. The molecule has 1 saturated carbocycles. The number of carbonyl (C=O) groups excluding carboxylic acids is 1. The summed E-state index contributed by atoms with van der Waals surface area (Å²) in [6, 6.07) is 0. The first-order valence-electron chi connectivity index (χ1n) is 9.30. The molecule has 144 valence electrons. The predicted octanol–water partition coefficient (Wildman–Crippen LogP) is 4.34. The van der Waals surface area contributed by atoms with E-state index in [2.05, 4.69) is 11.3 Å². The molecule has 1 saturated heterocycles. The van der Waals surface area contributed by atoms with Gasteiger partial charge in [-0.2, -0.15) is 4.40 Å². The molecule has 1 aliphatic carbocycles. The number of amides is 1. The van der Waals surface area contributed by atoms with Crippen LogP contribution in [0, 0.1) is 11.3 Å². The van der Waals surface area contributed by atoms with Crippen molar-refractivity contribution in [1.82, 2.24) is 4.90 Å². The van der Waals surface area contributed by atoms with E-state index in [0.29, 0.717) is 19.0 Å². The minimum atomic E-state index is -1.22. The Labute approximate surface area is 155 Å². The smallest absolute Gasteiger partial charge is 0.410 e. The first kappa shape index (κ1) is 20.4. The molecule has 0 N–H and O–H groups in total. The van der Waals surface area contributed by atoms with E-state index in [1.165, 1.54) is 0 Å². The van der Waals surface area contributed by atoms with E-state index < -0.39 is 16.6 Å². The molecule has 25 heavy (non-hydrogen) atoms. The van der Waals surface area contributed by atoms with Crippen LogP contribution in [-0.4, -0.2) is 44.4 Å². The number of hydrogen-bond donors (Lipinski definition) is 0. The molecule has 1 amide bonds. The molecule has 0 aromatic rings. The molecule has 0 bridgehead atoms. The molecule has 2 rings (SSSR count). The predicted molar refractivity (Wildman–Crippen MR) is 103 cm³/mol. The monoisotopic (exact) mass is 370 g/mol. The number of likely N-dealkylation sites (tertiary alicyclic amines) is 1. The summed E-state index contributed by atoms with van der Waals surface area (Å²) < 4.78 is 22.3. The largest absolute Gasteiger partial charge is 0.444 e. The molecule has 0 aromatic carbocycles. The minimum absolute atomic E-state index is 0.0127. The third-order valence-electron chi connectivity index (χ3n) is 4.98. The van der Waals surface area contributed by atoms with Gasteiger partial charge < -0.3 is 9.64 Å². The zero-order valence-electron chi connectivity index (χ0n) is 16.8. The molecule has 0 unspecified atom stereocenters. The van der Waals surface area contributed by atoms with Gasteiger partial charge in [0.25, 0.3) is 0 Å². The van der Waals surface area contributed by atoms with Gasteiger partial charge in [0.15, 0.2) is 0 Å². The summed E-state index contributed by atoms with van der Waals surface area (Å²) >= 11 is 0. The lowest BCUT2D eigenvalue weighted by atomic mass is 9.75. The molecule has 2 atom stereocenters. The average molecular weight is 371 g/mol. The molecule has 1 heterocycles. The van der Waals surface area contributed by atoms with Gasteiger partial charge in [0.2, 0.25) is 0 Å². The Morgan fingerprint density at radius 2 is 1.76 bits per heavy atom. The normalized spacial score (nSPS) is 26.9. The summed E-state index contributed by atoms with van der Waals surface area (Å²) in [6.07, 6.45) is 3.54. The summed E-state index contributed by atoms with van der Waals surface area (Å²) in [5.74, 6) is 0.559. The lowest BCUT2D eigenvalue weighted by Crippen LogP contribution is -2.46. The molecule has 6 heteroatoms. The second-order valence-electron chi connectivity index (χ2n) is 9.66. The van der Waals surface area contributed by atoms with Gasteiger partial charge in [-0.15, -0.1) is 0 Å².